The summed E-state index contributed by atoms with van der Waals surface area (Å²) >= 11 is 0. The highest BCUT2D eigenvalue weighted by molar-refractivity contribution is 5.70. The quantitative estimate of drug-likeness (QED) is 0.298. The number of nitrogens with zero attached hydrogens (tertiary/aromatic N) is 1. The summed E-state index contributed by atoms with van der Waals surface area (Å²) in [6.07, 6.45) is 0.176. The van der Waals surface area contributed by atoms with Crippen molar-refractivity contribution < 1.29 is 28.5 Å². The van der Waals surface area contributed by atoms with Gasteiger partial charge in [-0.15, -0.1) is 0 Å². The molecular formula is C16H27NO6. The lowest BCUT2D eigenvalue weighted by molar-refractivity contribution is -0.147. The Morgan fingerprint density at radius 3 is 2.43 bits per heavy atom. The molecule has 1 aliphatic rings. The molecule has 7 heteroatoms. The molecule has 1 rings (SSSR count). The Kier molecular flexibility index (Phi) is 10.3. The maximum absolute atomic E-state index is 11.9. The second kappa shape index (κ2) is 12.1. The molecule has 23 heavy (non-hydrogen) atoms. The zero-order chi connectivity index (χ0) is 16.9. The highest BCUT2D eigenvalue weighted by Crippen LogP contribution is 2.18. The van der Waals surface area contributed by atoms with Crippen molar-refractivity contribution in [2.75, 3.05) is 52.7 Å². The van der Waals surface area contributed by atoms with Crippen LogP contribution in [0.1, 0.15) is 26.7 Å². The van der Waals surface area contributed by atoms with Gasteiger partial charge in [-0.25, -0.2) is 4.79 Å². The molecule has 0 amide bonds. The average molecular weight is 329 g/mol. The minimum absolute atomic E-state index is 0.0860. The third kappa shape index (κ3) is 8.13. The molecule has 132 valence electrons. The Bertz CT molecular complexity index is 384. The normalized spacial score (nSPS) is 17.2. The third-order valence-corrected chi connectivity index (χ3v) is 3.45. The molecule has 0 saturated carbocycles. The lowest BCUT2D eigenvalue weighted by Crippen LogP contribution is -2.33. The van der Waals surface area contributed by atoms with Crippen LogP contribution in [0, 0.1) is 0 Å². The Morgan fingerprint density at radius 2 is 1.87 bits per heavy atom. The van der Waals surface area contributed by atoms with Gasteiger partial charge in [-0.05, 0) is 13.8 Å². The molecule has 1 fully saturated rings. The summed E-state index contributed by atoms with van der Waals surface area (Å²) in [6, 6.07) is 0. The minimum Gasteiger partial charge on any atom is -0.483 e. The van der Waals surface area contributed by atoms with Crippen molar-refractivity contribution in [3.8, 4) is 0 Å². The molecule has 0 N–H and O–H groups in total. The first kappa shape index (κ1) is 19.6. The lowest BCUT2D eigenvalue weighted by Gasteiger charge is -2.22. The van der Waals surface area contributed by atoms with Gasteiger partial charge in [-0.2, -0.15) is 0 Å². The fraction of sp³-hybridized carbons (Fsp3) is 0.812. The first-order valence-corrected chi connectivity index (χ1v) is 8.16. The molecule has 1 heterocycles. The van der Waals surface area contributed by atoms with Crippen molar-refractivity contribution in [3.05, 3.63) is 5.76 Å². The van der Waals surface area contributed by atoms with E-state index >= 15 is 0 Å². The number of carbonyl (C=O) groups excluding carboxylic acids is 2. The molecule has 0 spiro atoms. The average Bonchev–Trinajstić information content (AvgIpc) is 2.99. The molecular weight excluding hydrogens is 302 g/mol. The molecule has 0 aromatic rings. The van der Waals surface area contributed by atoms with Gasteiger partial charge in [0, 0.05) is 39.3 Å². The molecule has 1 aliphatic heterocycles. The van der Waals surface area contributed by atoms with Crippen LogP contribution in [0.15, 0.2) is 5.76 Å². The lowest BCUT2D eigenvalue weighted by atomic mass is 10.2. The van der Waals surface area contributed by atoms with Crippen LogP contribution in [0.4, 0.5) is 0 Å². The molecule has 7 nitrogen and oxygen atoms in total. The summed E-state index contributed by atoms with van der Waals surface area (Å²) in [6.45, 7) is 8.89. The molecule has 1 saturated heterocycles. The van der Waals surface area contributed by atoms with Crippen molar-refractivity contribution in [2.24, 2.45) is 0 Å². The minimum atomic E-state index is -0.583. The Labute approximate surface area is 137 Å². The van der Waals surface area contributed by atoms with Gasteiger partial charge in [0.25, 0.3) is 0 Å². The third-order valence-electron chi connectivity index (χ3n) is 3.45. The van der Waals surface area contributed by atoms with E-state index in [1.165, 1.54) is 0 Å². The zero-order valence-corrected chi connectivity index (χ0v) is 14.0. The first-order chi connectivity index (χ1) is 11.2. The predicted octanol–water partition coefficient (Wildman–Crippen LogP) is 0.799. The van der Waals surface area contributed by atoms with Crippen molar-refractivity contribution >= 4 is 11.9 Å². The van der Waals surface area contributed by atoms with Crippen LogP contribution in [-0.2, 0) is 28.5 Å². The van der Waals surface area contributed by atoms with E-state index in [-0.39, 0.29) is 18.1 Å². The SMILES string of the molecule is CCOCCN(CCOCC)CCC(=O)OC1CCOC1=C=O. The molecule has 0 aromatic heterocycles. The van der Waals surface area contributed by atoms with Crippen molar-refractivity contribution in [3.63, 3.8) is 0 Å². The number of rotatable bonds is 12. The number of carbonyl (C=O) groups is 1. The van der Waals surface area contributed by atoms with E-state index in [4.69, 9.17) is 18.9 Å². The van der Waals surface area contributed by atoms with Gasteiger partial charge in [0.1, 0.15) is 0 Å². The Morgan fingerprint density at radius 1 is 1.22 bits per heavy atom. The standard InChI is InChI=1S/C16H27NO6/c1-3-20-11-8-17(9-12-21-4-2)7-5-16(19)23-14-6-10-22-15(14)13-18/h14H,3-12H2,1-2H3. The number of hydrogen-bond donors (Lipinski definition) is 0. The van der Waals surface area contributed by atoms with E-state index in [2.05, 4.69) is 4.90 Å². The van der Waals surface area contributed by atoms with Gasteiger partial charge >= 0.3 is 5.97 Å². The van der Waals surface area contributed by atoms with Crippen LogP contribution in [0.3, 0.4) is 0 Å². The van der Waals surface area contributed by atoms with Gasteiger partial charge in [0.2, 0.25) is 5.76 Å². The van der Waals surface area contributed by atoms with E-state index in [1.54, 1.807) is 5.94 Å². The second-order valence-corrected chi connectivity index (χ2v) is 5.07. The van der Waals surface area contributed by atoms with E-state index in [1.807, 2.05) is 13.8 Å². The predicted molar refractivity (Wildman–Crippen MR) is 83.7 cm³/mol. The fourth-order valence-electron chi connectivity index (χ4n) is 2.19. The van der Waals surface area contributed by atoms with Gasteiger partial charge < -0.3 is 18.9 Å². The van der Waals surface area contributed by atoms with Gasteiger partial charge in [-0.1, -0.05) is 0 Å². The van der Waals surface area contributed by atoms with Crippen LogP contribution >= 0.6 is 0 Å². The maximum atomic E-state index is 11.9. The number of ether oxygens (including phenoxy) is 4. The summed E-state index contributed by atoms with van der Waals surface area (Å²) in [5.74, 6) is 1.42. The van der Waals surface area contributed by atoms with Gasteiger partial charge in [0.05, 0.1) is 26.2 Å². The summed E-state index contributed by atoms with van der Waals surface area (Å²) in [7, 11) is 0. The summed E-state index contributed by atoms with van der Waals surface area (Å²) in [4.78, 5) is 24.7. The van der Waals surface area contributed by atoms with Crippen molar-refractivity contribution in [2.45, 2.75) is 32.8 Å². The van der Waals surface area contributed by atoms with E-state index in [0.29, 0.717) is 46.0 Å². The molecule has 0 radical (unpaired) electrons. The summed E-state index contributed by atoms with van der Waals surface area (Å²) in [5, 5.41) is 0. The van der Waals surface area contributed by atoms with Crippen molar-refractivity contribution in [1.29, 1.82) is 0 Å². The number of esters is 1. The molecule has 1 unspecified atom stereocenters. The van der Waals surface area contributed by atoms with E-state index < -0.39 is 6.10 Å². The highest BCUT2D eigenvalue weighted by atomic mass is 16.6. The maximum Gasteiger partial charge on any atom is 0.307 e. The van der Waals surface area contributed by atoms with Crippen LogP contribution < -0.4 is 0 Å². The van der Waals surface area contributed by atoms with Crippen LogP contribution in [0.2, 0.25) is 0 Å². The fourth-order valence-corrected chi connectivity index (χ4v) is 2.19. The largest absolute Gasteiger partial charge is 0.483 e. The zero-order valence-electron chi connectivity index (χ0n) is 14.0. The molecule has 0 aromatic carbocycles. The van der Waals surface area contributed by atoms with Crippen LogP contribution in [0.5, 0.6) is 0 Å². The molecule has 0 aliphatic carbocycles. The van der Waals surface area contributed by atoms with Crippen LogP contribution in [-0.4, -0.2) is 75.6 Å². The molecule has 0 bridgehead atoms. The van der Waals surface area contributed by atoms with Gasteiger partial charge in [-0.3, -0.25) is 9.69 Å². The van der Waals surface area contributed by atoms with E-state index in [0.717, 1.165) is 13.1 Å². The summed E-state index contributed by atoms with van der Waals surface area (Å²) in [5.41, 5.74) is 0. The monoisotopic (exact) mass is 329 g/mol. The van der Waals surface area contributed by atoms with Crippen molar-refractivity contribution in [1.82, 2.24) is 4.90 Å². The second-order valence-electron chi connectivity index (χ2n) is 5.07. The highest BCUT2D eigenvalue weighted by Gasteiger charge is 2.27. The smallest absolute Gasteiger partial charge is 0.307 e. The number of hydrogen-bond acceptors (Lipinski definition) is 7. The van der Waals surface area contributed by atoms with Gasteiger partial charge in [0.15, 0.2) is 12.0 Å². The summed E-state index contributed by atoms with van der Waals surface area (Å²) < 4.78 is 21.0. The topological polar surface area (TPSA) is 74.3 Å². The molecule has 1 atom stereocenters. The van der Waals surface area contributed by atoms with E-state index in [9.17, 15) is 9.59 Å². The Hall–Kier alpha value is -1.40. The first-order valence-electron chi connectivity index (χ1n) is 8.16. The Balaban J connectivity index is 2.32. The van der Waals surface area contributed by atoms with Crippen LogP contribution in [0.25, 0.3) is 0 Å².